The molecule has 4 nitrogen and oxygen atoms in total. The average molecular weight is 307 g/mol. The number of hydrogen-bond acceptors (Lipinski definition) is 4. The number of hydrogen-bond donors (Lipinski definition) is 2. The van der Waals surface area contributed by atoms with Gasteiger partial charge in [-0.25, -0.2) is 4.98 Å². The van der Waals surface area contributed by atoms with Crippen LogP contribution in [0.15, 0.2) is 11.1 Å². The van der Waals surface area contributed by atoms with Gasteiger partial charge in [0.25, 0.3) is 0 Å². The third-order valence-electron chi connectivity index (χ3n) is 3.90. The van der Waals surface area contributed by atoms with Gasteiger partial charge in [0.15, 0.2) is 0 Å². The van der Waals surface area contributed by atoms with Crippen molar-refractivity contribution in [3.8, 4) is 0 Å². The topological polar surface area (TPSA) is 60.2 Å². The lowest BCUT2D eigenvalue weighted by Crippen LogP contribution is -2.35. The molecule has 21 heavy (non-hydrogen) atoms. The van der Waals surface area contributed by atoms with Gasteiger partial charge in [-0.05, 0) is 26.2 Å². The number of aromatic nitrogens is 1. The number of thiazole rings is 1. The van der Waals surface area contributed by atoms with Crippen LogP contribution in [0.25, 0.3) is 5.57 Å². The zero-order valence-electron chi connectivity index (χ0n) is 13.3. The van der Waals surface area contributed by atoms with Gasteiger partial charge < -0.3 is 10.0 Å². The molecule has 0 fully saturated rings. The zero-order chi connectivity index (χ0) is 15.6. The highest BCUT2D eigenvalue weighted by molar-refractivity contribution is 7.11. The van der Waals surface area contributed by atoms with E-state index in [9.17, 15) is 5.11 Å². The fourth-order valence-electron chi connectivity index (χ4n) is 2.65. The molecular weight excluding hydrogens is 282 g/mol. The lowest BCUT2D eigenvalue weighted by molar-refractivity contribution is 0.289. The second kappa shape index (κ2) is 6.60. The van der Waals surface area contributed by atoms with Crippen LogP contribution in [0.4, 0.5) is 0 Å². The van der Waals surface area contributed by atoms with Crippen molar-refractivity contribution in [1.82, 2.24) is 9.88 Å². The molecule has 1 aliphatic rings. The van der Waals surface area contributed by atoms with E-state index in [0.717, 1.165) is 29.5 Å². The van der Waals surface area contributed by atoms with E-state index in [1.165, 1.54) is 17.8 Å². The fraction of sp³-hybridized carbons (Fsp3) is 0.625. The van der Waals surface area contributed by atoms with E-state index < -0.39 is 0 Å². The first kappa shape index (κ1) is 16.0. The predicted molar refractivity (Wildman–Crippen MR) is 89.0 cm³/mol. The maximum atomic E-state index is 10.2. The molecule has 0 aliphatic carbocycles. The Labute approximate surface area is 131 Å². The Morgan fingerprint density at radius 1 is 1.38 bits per heavy atom. The minimum atomic E-state index is 0.275. The predicted octanol–water partition coefficient (Wildman–Crippen LogP) is 4.23. The number of aliphatic hydroxyl groups is 1. The number of aryl methyl sites for hydroxylation is 1. The molecule has 2 rings (SSSR count). The summed E-state index contributed by atoms with van der Waals surface area (Å²) in [6, 6.07) is 0.275. The quantitative estimate of drug-likeness (QED) is 0.827. The van der Waals surface area contributed by atoms with E-state index in [1.54, 1.807) is 0 Å². The van der Waals surface area contributed by atoms with E-state index in [2.05, 4.69) is 25.8 Å². The van der Waals surface area contributed by atoms with Gasteiger partial charge in [0, 0.05) is 17.1 Å². The second-order valence-corrected chi connectivity index (χ2v) is 7.12. The summed E-state index contributed by atoms with van der Waals surface area (Å²) in [6.45, 7) is 8.98. The molecule has 2 heterocycles. The summed E-state index contributed by atoms with van der Waals surface area (Å²) in [5, 5.41) is 21.3. The van der Waals surface area contributed by atoms with Gasteiger partial charge in [0.05, 0.1) is 12.1 Å². The first-order valence-corrected chi connectivity index (χ1v) is 8.48. The summed E-state index contributed by atoms with van der Waals surface area (Å²) in [5.74, 6) is 1.42. The molecule has 2 N–H and O–H groups in total. The molecule has 0 radical (unpaired) electrons. The summed E-state index contributed by atoms with van der Waals surface area (Å²) in [4.78, 5) is 6.39. The van der Waals surface area contributed by atoms with Crippen LogP contribution in [0.5, 0.6) is 0 Å². The van der Waals surface area contributed by atoms with Crippen LogP contribution in [0.2, 0.25) is 0 Å². The van der Waals surface area contributed by atoms with Crippen LogP contribution in [0, 0.1) is 18.3 Å². The largest absolute Gasteiger partial charge is 0.510 e. The van der Waals surface area contributed by atoms with Crippen molar-refractivity contribution < 1.29 is 5.11 Å². The Kier molecular flexibility index (Phi) is 5.04. The highest BCUT2D eigenvalue weighted by Crippen LogP contribution is 2.31. The van der Waals surface area contributed by atoms with E-state index >= 15 is 0 Å². The number of rotatable bonds is 6. The molecule has 0 spiro atoms. The molecule has 0 amide bonds. The molecule has 0 saturated carbocycles. The molecule has 1 aromatic rings. The minimum Gasteiger partial charge on any atom is -0.510 e. The average Bonchev–Trinajstić information content (AvgIpc) is 2.93. The number of nitrogens with one attached hydrogen (secondary N) is 1. The first-order valence-electron chi connectivity index (χ1n) is 7.60. The summed E-state index contributed by atoms with van der Waals surface area (Å²) < 4.78 is 0. The molecule has 1 unspecified atom stereocenters. The molecule has 0 aromatic carbocycles. The maximum Gasteiger partial charge on any atom is 0.135 e. The van der Waals surface area contributed by atoms with Gasteiger partial charge in [0.1, 0.15) is 16.6 Å². The monoisotopic (exact) mass is 307 g/mol. The third kappa shape index (κ3) is 3.64. The molecule has 0 bridgehead atoms. The number of amidine groups is 1. The Morgan fingerprint density at radius 3 is 2.67 bits per heavy atom. The van der Waals surface area contributed by atoms with E-state index in [4.69, 9.17) is 5.41 Å². The highest BCUT2D eigenvalue weighted by atomic mass is 32.1. The van der Waals surface area contributed by atoms with Gasteiger partial charge in [-0.1, -0.05) is 26.7 Å². The van der Waals surface area contributed by atoms with E-state index in [1.807, 2.05) is 17.2 Å². The van der Waals surface area contributed by atoms with Crippen molar-refractivity contribution in [3.05, 3.63) is 21.8 Å². The van der Waals surface area contributed by atoms with Gasteiger partial charge in [-0.15, -0.1) is 11.3 Å². The normalized spacial score (nSPS) is 17.2. The van der Waals surface area contributed by atoms with Gasteiger partial charge in [-0.2, -0.15) is 0 Å². The number of aliphatic hydroxyl groups excluding tert-OH is 1. The van der Waals surface area contributed by atoms with Crippen molar-refractivity contribution in [2.24, 2.45) is 5.92 Å². The lowest BCUT2D eigenvalue weighted by Gasteiger charge is -2.26. The first-order chi connectivity index (χ1) is 9.90. The summed E-state index contributed by atoms with van der Waals surface area (Å²) in [6.07, 6.45) is 3.43. The van der Waals surface area contributed by atoms with Crippen LogP contribution in [0.3, 0.4) is 0 Å². The summed E-state index contributed by atoms with van der Waals surface area (Å²) in [7, 11) is 0. The third-order valence-corrected chi connectivity index (χ3v) is 4.88. The highest BCUT2D eigenvalue weighted by Gasteiger charge is 2.32. The molecule has 1 aliphatic heterocycles. The van der Waals surface area contributed by atoms with Crippen molar-refractivity contribution in [2.45, 2.75) is 53.0 Å². The Hall–Kier alpha value is -1.36. The van der Waals surface area contributed by atoms with Crippen molar-refractivity contribution in [3.63, 3.8) is 0 Å². The lowest BCUT2D eigenvalue weighted by atomic mass is 10.0. The van der Waals surface area contributed by atoms with Gasteiger partial charge in [0.2, 0.25) is 0 Å². The Morgan fingerprint density at radius 2 is 2.10 bits per heavy atom. The Balaban J connectivity index is 2.02. The summed E-state index contributed by atoms with van der Waals surface area (Å²) >= 11 is 1.49. The maximum absolute atomic E-state index is 10.2. The van der Waals surface area contributed by atoms with Crippen molar-refractivity contribution in [2.75, 3.05) is 6.54 Å². The van der Waals surface area contributed by atoms with Gasteiger partial charge in [-0.3, -0.25) is 5.41 Å². The van der Waals surface area contributed by atoms with Crippen LogP contribution < -0.4 is 0 Å². The zero-order valence-corrected chi connectivity index (χ0v) is 14.1. The fourth-order valence-corrected chi connectivity index (χ4v) is 3.51. The second-order valence-electron chi connectivity index (χ2n) is 6.27. The molecule has 1 aromatic heterocycles. The van der Waals surface area contributed by atoms with Crippen LogP contribution >= 0.6 is 11.3 Å². The molecule has 1 atom stereocenters. The van der Waals surface area contributed by atoms with Gasteiger partial charge >= 0.3 is 0 Å². The Bertz CT molecular complexity index is 547. The minimum absolute atomic E-state index is 0.275. The van der Waals surface area contributed by atoms with Crippen LogP contribution in [0.1, 0.15) is 50.7 Å². The molecule has 5 heteroatoms. The molecule has 116 valence electrons. The molecule has 0 saturated heterocycles. The van der Waals surface area contributed by atoms with Crippen LogP contribution in [-0.4, -0.2) is 33.4 Å². The smallest absolute Gasteiger partial charge is 0.135 e. The SMILES string of the molecule is Cc1csc(C2=C(O)CN(C(C)CCCC(C)C)C2=N)n1. The molecular formula is C16H25N3OS. The standard InChI is InChI=1S/C16H25N3OS/c1-10(2)6-5-7-12(4)19-8-13(20)14(15(19)17)16-18-11(3)9-21-16/h9-10,12,17,20H,5-8H2,1-4H3. The van der Waals surface area contributed by atoms with E-state index in [0.29, 0.717) is 18.0 Å². The van der Waals surface area contributed by atoms with E-state index in [-0.39, 0.29) is 11.8 Å². The number of nitrogens with zero attached hydrogens (tertiary/aromatic N) is 2. The van der Waals surface area contributed by atoms with Crippen molar-refractivity contribution in [1.29, 1.82) is 5.41 Å². The van der Waals surface area contributed by atoms with Crippen LogP contribution in [-0.2, 0) is 0 Å². The van der Waals surface area contributed by atoms with Crippen molar-refractivity contribution >= 4 is 22.7 Å². The summed E-state index contributed by atoms with van der Waals surface area (Å²) in [5.41, 5.74) is 1.55.